The number of carboxylic acid groups (broad SMARTS) is 1. The number of urea groups is 1. The summed E-state index contributed by atoms with van der Waals surface area (Å²) in [4.78, 5) is 25.2. The average Bonchev–Trinajstić information content (AvgIpc) is 2.67. The van der Waals surface area contributed by atoms with Crippen molar-refractivity contribution >= 4 is 40.9 Å². The Bertz CT molecular complexity index is 954. The molecule has 7 nitrogen and oxygen atoms in total. The third-order valence-electron chi connectivity index (χ3n) is 5.02. The topological polar surface area (TPSA) is 102 Å². The van der Waals surface area contributed by atoms with E-state index in [9.17, 15) is 14.7 Å². The summed E-state index contributed by atoms with van der Waals surface area (Å²) >= 11 is 12.7. The molecule has 4 N–H and O–H groups in total. The number of aliphatic carboxylic acids is 1. The van der Waals surface area contributed by atoms with E-state index < -0.39 is 24.6 Å². The monoisotopic (exact) mass is 451 g/mol. The van der Waals surface area contributed by atoms with Crippen molar-refractivity contribution in [3.05, 3.63) is 63.1 Å². The van der Waals surface area contributed by atoms with Crippen LogP contribution in [-0.4, -0.2) is 53.4 Å². The standard InChI is InChI=1S/C21H23Cl2N3O4/c1-26-9-17(16-6-13(22)7-19(23)18(16)10-26)12-3-2-4-14(5-12)24-21(30)25-15(11-27)8-20(28)29/h2-7,15,17,27H,8-11H2,1H3,(H,28,29)(H2,24,25,30). The van der Waals surface area contributed by atoms with Crippen LogP contribution in [0, 0.1) is 0 Å². The summed E-state index contributed by atoms with van der Waals surface area (Å²) in [5.41, 5.74) is 3.65. The fourth-order valence-electron chi connectivity index (χ4n) is 3.69. The number of carbonyl (C=O) groups excluding carboxylic acids is 1. The van der Waals surface area contributed by atoms with Gasteiger partial charge in [0.05, 0.1) is 19.1 Å². The third kappa shape index (κ3) is 5.43. The lowest BCUT2D eigenvalue weighted by Crippen LogP contribution is -2.41. The van der Waals surface area contributed by atoms with Gasteiger partial charge in [0, 0.05) is 34.7 Å². The van der Waals surface area contributed by atoms with E-state index in [0.29, 0.717) is 15.7 Å². The zero-order chi connectivity index (χ0) is 21.8. The Morgan fingerprint density at radius 1 is 1.27 bits per heavy atom. The van der Waals surface area contributed by atoms with Crippen molar-refractivity contribution in [3.8, 4) is 0 Å². The summed E-state index contributed by atoms with van der Waals surface area (Å²) in [7, 11) is 2.02. The number of carbonyl (C=O) groups is 2. The van der Waals surface area contributed by atoms with Gasteiger partial charge in [-0.15, -0.1) is 0 Å². The number of hydrogen-bond acceptors (Lipinski definition) is 4. The van der Waals surface area contributed by atoms with E-state index in [2.05, 4.69) is 15.5 Å². The maximum atomic E-state index is 12.2. The van der Waals surface area contributed by atoms with Crippen molar-refractivity contribution in [1.82, 2.24) is 10.2 Å². The Hall–Kier alpha value is -2.32. The number of benzene rings is 2. The largest absolute Gasteiger partial charge is 0.481 e. The molecule has 0 saturated heterocycles. The number of hydrogen-bond donors (Lipinski definition) is 4. The molecule has 0 aliphatic carbocycles. The molecule has 0 radical (unpaired) electrons. The first-order chi connectivity index (χ1) is 14.3. The Morgan fingerprint density at radius 3 is 2.73 bits per heavy atom. The van der Waals surface area contributed by atoms with Gasteiger partial charge in [-0.05, 0) is 48.0 Å². The summed E-state index contributed by atoms with van der Waals surface area (Å²) in [6.07, 6.45) is -0.364. The van der Waals surface area contributed by atoms with Crippen molar-refractivity contribution in [2.24, 2.45) is 0 Å². The van der Waals surface area contributed by atoms with E-state index in [1.54, 1.807) is 12.1 Å². The van der Waals surface area contributed by atoms with E-state index in [0.717, 1.165) is 29.8 Å². The van der Waals surface area contributed by atoms with Crippen LogP contribution >= 0.6 is 23.2 Å². The molecule has 0 aromatic heterocycles. The summed E-state index contributed by atoms with van der Waals surface area (Å²) in [5.74, 6) is -1.08. The van der Waals surface area contributed by atoms with Crippen LogP contribution < -0.4 is 10.6 Å². The van der Waals surface area contributed by atoms with Gasteiger partial charge in [0.2, 0.25) is 0 Å². The van der Waals surface area contributed by atoms with E-state index in [4.69, 9.17) is 28.3 Å². The smallest absolute Gasteiger partial charge is 0.319 e. The molecule has 1 aliphatic heterocycles. The lowest BCUT2D eigenvalue weighted by Gasteiger charge is -2.33. The number of aliphatic hydroxyl groups excluding tert-OH is 1. The van der Waals surface area contributed by atoms with Crippen LogP contribution in [0.3, 0.4) is 0 Å². The molecule has 2 aromatic rings. The molecular formula is C21H23Cl2N3O4. The Balaban J connectivity index is 1.81. The predicted molar refractivity (Wildman–Crippen MR) is 116 cm³/mol. The third-order valence-corrected chi connectivity index (χ3v) is 5.57. The quantitative estimate of drug-likeness (QED) is 0.537. The normalized spacial score (nSPS) is 17.1. The van der Waals surface area contributed by atoms with Gasteiger partial charge >= 0.3 is 12.0 Å². The lowest BCUT2D eigenvalue weighted by molar-refractivity contribution is -0.137. The summed E-state index contributed by atoms with van der Waals surface area (Å²) in [6.45, 7) is 1.03. The molecule has 0 spiro atoms. The van der Waals surface area contributed by atoms with Crippen LogP contribution in [0.25, 0.3) is 0 Å². The number of fused-ring (bicyclic) bond motifs is 1. The van der Waals surface area contributed by atoms with E-state index in [1.807, 2.05) is 31.3 Å². The van der Waals surface area contributed by atoms with Gasteiger partial charge in [-0.2, -0.15) is 0 Å². The minimum absolute atomic E-state index is 0.0250. The highest BCUT2D eigenvalue weighted by atomic mass is 35.5. The molecule has 2 amide bonds. The summed E-state index contributed by atoms with van der Waals surface area (Å²) in [6, 6.07) is 9.66. The highest BCUT2D eigenvalue weighted by molar-refractivity contribution is 6.35. The number of likely N-dealkylation sites (N-methyl/N-ethyl adjacent to an activating group) is 1. The zero-order valence-corrected chi connectivity index (χ0v) is 17.9. The van der Waals surface area contributed by atoms with Crippen LogP contribution in [0.5, 0.6) is 0 Å². The van der Waals surface area contributed by atoms with Crippen LogP contribution in [0.1, 0.15) is 29.0 Å². The van der Waals surface area contributed by atoms with E-state index >= 15 is 0 Å². The molecule has 160 valence electrons. The number of carboxylic acids is 1. The van der Waals surface area contributed by atoms with Gasteiger partial charge in [0.25, 0.3) is 0 Å². The molecule has 2 aromatic carbocycles. The van der Waals surface area contributed by atoms with Crippen molar-refractivity contribution < 1.29 is 19.8 Å². The Kier molecular flexibility index (Phi) is 7.20. The lowest BCUT2D eigenvalue weighted by atomic mass is 9.84. The van der Waals surface area contributed by atoms with Gasteiger partial charge in [0.15, 0.2) is 0 Å². The van der Waals surface area contributed by atoms with Crippen LogP contribution in [0.15, 0.2) is 36.4 Å². The number of amides is 2. The molecule has 0 fully saturated rings. The maximum absolute atomic E-state index is 12.2. The number of anilines is 1. The number of rotatable bonds is 6. The number of aliphatic hydroxyl groups is 1. The first-order valence-electron chi connectivity index (χ1n) is 9.43. The molecule has 3 rings (SSSR count). The van der Waals surface area contributed by atoms with Gasteiger partial charge < -0.3 is 25.7 Å². The second kappa shape index (κ2) is 9.66. The molecule has 0 bridgehead atoms. The fourth-order valence-corrected chi connectivity index (χ4v) is 4.26. The minimum Gasteiger partial charge on any atom is -0.481 e. The average molecular weight is 452 g/mol. The number of nitrogens with zero attached hydrogens (tertiary/aromatic N) is 1. The van der Waals surface area contributed by atoms with E-state index in [1.165, 1.54) is 0 Å². The van der Waals surface area contributed by atoms with Crippen LogP contribution in [0.2, 0.25) is 10.0 Å². The van der Waals surface area contributed by atoms with Gasteiger partial charge in [-0.3, -0.25) is 4.79 Å². The molecule has 2 atom stereocenters. The first kappa shape index (κ1) is 22.4. The molecule has 30 heavy (non-hydrogen) atoms. The van der Waals surface area contributed by atoms with Gasteiger partial charge in [-0.25, -0.2) is 4.79 Å². The van der Waals surface area contributed by atoms with Crippen LogP contribution in [0.4, 0.5) is 10.5 Å². The Labute approximate surface area is 184 Å². The second-order valence-electron chi connectivity index (χ2n) is 7.41. The molecule has 9 heteroatoms. The van der Waals surface area contributed by atoms with Gasteiger partial charge in [-0.1, -0.05) is 35.3 Å². The second-order valence-corrected chi connectivity index (χ2v) is 8.25. The predicted octanol–water partition coefficient (Wildman–Crippen LogP) is 3.53. The fraction of sp³-hybridized carbons (Fsp3) is 0.333. The molecule has 2 unspecified atom stereocenters. The van der Waals surface area contributed by atoms with Crippen LogP contribution in [-0.2, 0) is 11.3 Å². The summed E-state index contributed by atoms with van der Waals surface area (Å²) < 4.78 is 0. The highest BCUT2D eigenvalue weighted by Gasteiger charge is 2.27. The van der Waals surface area contributed by atoms with Crippen molar-refractivity contribution in [2.75, 3.05) is 25.5 Å². The highest BCUT2D eigenvalue weighted by Crippen LogP contribution is 2.38. The molecular weight excluding hydrogens is 429 g/mol. The number of nitrogens with one attached hydrogen (secondary N) is 2. The molecule has 1 heterocycles. The number of halogens is 2. The van der Waals surface area contributed by atoms with Crippen molar-refractivity contribution in [2.45, 2.75) is 24.9 Å². The summed E-state index contributed by atoms with van der Waals surface area (Å²) in [5, 5.41) is 24.4. The Morgan fingerprint density at radius 2 is 2.03 bits per heavy atom. The van der Waals surface area contributed by atoms with E-state index in [-0.39, 0.29) is 12.3 Å². The van der Waals surface area contributed by atoms with Crippen molar-refractivity contribution in [3.63, 3.8) is 0 Å². The maximum Gasteiger partial charge on any atom is 0.319 e. The molecule has 0 saturated carbocycles. The first-order valence-corrected chi connectivity index (χ1v) is 10.2. The van der Waals surface area contributed by atoms with Crippen molar-refractivity contribution in [1.29, 1.82) is 0 Å². The minimum atomic E-state index is -1.10. The van der Waals surface area contributed by atoms with Gasteiger partial charge in [0.1, 0.15) is 0 Å². The molecule has 1 aliphatic rings. The SMILES string of the molecule is CN1Cc2c(Cl)cc(Cl)cc2C(c2cccc(NC(=O)NC(CO)CC(=O)O)c2)C1. The zero-order valence-electron chi connectivity index (χ0n) is 16.4.